The van der Waals surface area contributed by atoms with E-state index in [9.17, 15) is 9.59 Å². The van der Waals surface area contributed by atoms with Crippen LogP contribution in [-0.4, -0.2) is 60.6 Å². The monoisotopic (exact) mass is 333 g/mol. The number of urea groups is 1. The van der Waals surface area contributed by atoms with Gasteiger partial charge >= 0.3 is 6.03 Å². The van der Waals surface area contributed by atoms with Crippen LogP contribution in [0.15, 0.2) is 30.3 Å². The molecular weight excluding hydrogens is 306 g/mol. The topological polar surface area (TPSA) is 61.9 Å². The van der Waals surface area contributed by atoms with Crippen molar-refractivity contribution in [1.82, 2.24) is 15.1 Å². The number of nitrogens with zero attached hydrogens (tertiary/aromatic N) is 2. The SMILES string of the molecule is CCN(CC)C(=O)N[C@H](C)C(=O)N1CCOC(c2ccccc2)C1. The molecule has 0 spiro atoms. The van der Waals surface area contributed by atoms with Crippen molar-refractivity contribution < 1.29 is 14.3 Å². The predicted molar refractivity (Wildman–Crippen MR) is 92.6 cm³/mol. The highest BCUT2D eigenvalue weighted by molar-refractivity contribution is 5.86. The first-order valence-electron chi connectivity index (χ1n) is 8.57. The first-order valence-corrected chi connectivity index (χ1v) is 8.57. The highest BCUT2D eigenvalue weighted by Crippen LogP contribution is 2.22. The van der Waals surface area contributed by atoms with Gasteiger partial charge in [-0.25, -0.2) is 4.79 Å². The van der Waals surface area contributed by atoms with E-state index in [2.05, 4.69) is 5.32 Å². The molecule has 2 rings (SSSR count). The molecule has 0 saturated carbocycles. The Morgan fingerprint density at radius 2 is 1.96 bits per heavy atom. The third kappa shape index (κ3) is 4.47. The number of nitrogens with one attached hydrogen (secondary N) is 1. The van der Waals surface area contributed by atoms with E-state index in [0.29, 0.717) is 32.8 Å². The lowest BCUT2D eigenvalue weighted by Gasteiger charge is -2.35. The maximum atomic E-state index is 12.6. The van der Waals surface area contributed by atoms with Crippen LogP contribution in [0.2, 0.25) is 0 Å². The third-order valence-corrected chi connectivity index (χ3v) is 4.31. The molecule has 1 fully saturated rings. The maximum Gasteiger partial charge on any atom is 0.318 e. The lowest BCUT2D eigenvalue weighted by Crippen LogP contribution is -2.53. The zero-order valence-electron chi connectivity index (χ0n) is 14.7. The summed E-state index contributed by atoms with van der Waals surface area (Å²) in [5.41, 5.74) is 1.06. The molecule has 1 saturated heterocycles. The van der Waals surface area contributed by atoms with Crippen LogP contribution in [0.5, 0.6) is 0 Å². The van der Waals surface area contributed by atoms with Gasteiger partial charge in [0.1, 0.15) is 12.1 Å². The molecule has 1 heterocycles. The highest BCUT2D eigenvalue weighted by Gasteiger charge is 2.29. The number of ether oxygens (including phenoxy) is 1. The number of carbonyl (C=O) groups excluding carboxylic acids is 2. The Balaban J connectivity index is 1.95. The van der Waals surface area contributed by atoms with Crippen molar-refractivity contribution >= 4 is 11.9 Å². The van der Waals surface area contributed by atoms with Gasteiger partial charge in [0.2, 0.25) is 5.91 Å². The van der Waals surface area contributed by atoms with Crippen LogP contribution < -0.4 is 5.32 Å². The third-order valence-electron chi connectivity index (χ3n) is 4.31. The number of rotatable bonds is 5. The molecule has 132 valence electrons. The van der Waals surface area contributed by atoms with Gasteiger partial charge in [0, 0.05) is 19.6 Å². The number of morpholine rings is 1. The predicted octanol–water partition coefficient (Wildman–Crippen LogP) is 2.03. The van der Waals surface area contributed by atoms with Crippen LogP contribution in [-0.2, 0) is 9.53 Å². The minimum Gasteiger partial charge on any atom is -0.370 e. The average Bonchev–Trinajstić information content (AvgIpc) is 2.63. The number of hydrogen-bond donors (Lipinski definition) is 1. The number of carbonyl (C=O) groups is 2. The van der Waals surface area contributed by atoms with E-state index in [1.165, 1.54) is 0 Å². The number of benzene rings is 1. The van der Waals surface area contributed by atoms with Crippen LogP contribution in [0, 0.1) is 0 Å². The van der Waals surface area contributed by atoms with Gasteiger partial charge in [-0.3, -0.25) is 4.79 Å². The van der Waals surface area contributed by atoms with Crippen molar-refractivity contribution in [2.24, 2.45) is 0 Å². The van der Waals surface area contributed by atoms with Crippen molar-refractivity contribution in [2.45, 2.75) is 32.9 Å². The molecule has 1 aromatic rings. The summed E-state index contributed by atoms with van der Waals surface area (Å²) in [6, 6.07) is 9.15. The minimum atomic E-state index is -0.548. The van der Waals surface area contributed by atoms with Gasteiger partial charge in [-0.15, -0.1) is 0 Å². The second-order valence-corrected chi connectivity index (χ2v) is 5.90. The van der Waals surface area contributed by atoms with Gasteiger partial charge in [0.15, 0.2) is 0 Å². The Bertz CT molecular complexity index is 546. The molecule has 1 N–H and O–H groups in total. The van der Waals surface area contributed by atoms with Gasteiger partial charge in [0.25, 0.3) is 0 Å². The quantitative estimate of drug-likeness (QED) is 0.897. The lowest BCUT2D eigenvalue weighted by molar-refractivity contribution is -0.140. The van der Waals surface area contributed by atoms with E-state index >= 15 is 0 Å². The summed E-state index contributed by atoms with van der Waals surface area (Å²) in [6.45, 7) is 8.37. The van der Waals surface area contributed by atoms with Gasteiger partial charge < -0.3 is 19.9 Å². The van der Waals surface area contributed by atoms with Crippen molar-refractivity contribution in [3.63, 3.8) is 0 Å². The summed E-state index contributed by atoms with van der Waals surface area (Å²) in [7, 11) is 0. The fraction of sp³-hybridized carbons (Fsp3) is 0.556. The molecule has 2 atom stereocenters. The average molecular weight is 333 g/mol. The largest absolute Gasteiger partial charge is 0.370 e. The number of hydrogen-bond acceptors (Lipinski definition) is 3. The molecular formula is C18H27N3O3. The smallest absolute Gasteiger partial charge is 0.318 e. The fourth-order valence-electron chi connectivity index (χ4n) is 2.84. The highest BCUT2D eigenvalue weighted by atomic mass is 16.5. The van der Waals surface area contributed by atoms with Gasteiger partial charge in [0.05, 0.1) is 13.2 Å². The van der Waals surface area contributed by atoms with Crippen LogP contribution >= 0.6 is 0 Å². The van der Waals surface area contributed by atoms with E-state index in [-0.39, 0.29) is 18.0 Å². The van der Waals surface area contributed by atoms with Gasteiger partial charge in [-0.2, -0.15) is 0 Å². The summed E-state index contributed by atoms with van der Waals surface area (Å²) in [5.74, 6) is -0.0697. The molecule has 1 unspecified atom stereocenters. The van der Waals surface area contributed by atoms with Crippen molar-refractivity contribution in [1.29, 1.82) is 0 Å². The number of amides is 3. The summed E-state index contributed by atoms with van der Waals surface area (Å²) in [6.07, 6.45) is -0.116. The van der Waals surface area contributed by atoms with Crippen molar-refractivity contribution in [2.75, 3.05) is 32.8 Å². The van der Waals surface area contributed by atoms with Crippen molar-refractivity contribution in [3.05, 3.63) is 35.9 Å². The molecule has 0 aromatic heterocycles. The van der Waals surface area contributed by atoms with Crippen LogP contribution in [0.25, 0.3) is 0 Å². The molecule has 24 heavy (non-hydrogen) atoms. The lowest BCUT2D eigenvalue weighted by atomic mass is 10.1. The first-order chi connectivity index (χ1) is 11.6. The van der Waals surface area contributed by atoms with Crippen molar-refractivity contribution in [3.8, 4) is 0 Å². The Kier molecular flexibility index (Phi) is 6.61. The molecule has 1 aromatic carbocycles. The molecule has 1 aliphatic heterocycles. The fourth-order valence-corrected chi connectivity index (χ4v) is 2.84. The molecule has 3 amide bonds. The Morgan fingerprint density at radius 1 is 1.29 bits per heavy atom. The Labute approximate surface area is 143 Å². The minimum absolute atomic E-state index is 0.0697. The van der Waals surface area contributed by atoms with E-state index in [0.717, 1.165) is 5.56 Å². The molecule has 6 heteroatoms. The zero-order valence-corrected chi connectivity index (χ0v) is 14.7. The normalized spacial score (nSPS) is 18.8. The Morgan fingerprint density at radius 3 is 2.58 bits per heavy atom. The van der Waals surface area contributed by atoms with Gasteiger partial charge in [-0.1, -0.05) is 30.3 Å². The molecule has 1 aliphatic rings. The molecule has 6 nitrogen and oxygen atoms in total. The summed E-state index contributed by atoms with van der Waals surface area (Å²) in [4.78, 5) is 28.2. The molecule has 0 radical (unpaired) electrons. The second kappa shape index (κ2) is 8.68. The van der Waals surface area contributed by atoms with Crippen LogP contribution in [0.3, 0.4) is 0 Å². The standard InChI is InChI=1S/C18H27N3O3/c1-4-20(5-2)18(23)19-14(3)17(22)21-11-12-24-16(13-21)15-9-7-6-8-10-15/h6-10,14,16H,4-5,11-13H2,1-3H3,(H,19,23)/t14-,16?/m1/s1. The van der Waals surface area contributed by atoms with Crippen LogP contribution in [0.4, 0.5) is 4.79 Å². The zero-order chi connectivity index (χ0) is 17.5. The summed E-state index contributed by atoms with van der Waals surface area (Å²) >= 11 is 0. The van der Waals surface area contributed by atoms with E-state index in [1.807, 2.05) is 44.2 Å². The summed E-state index contributed by atoms with van der Waals surface area (Å²) in [5, 5.41) is 2.79. The maximum absolute atomic E-state index is 12.6. The van der Waals surface area contributed by atoms with E-state index in [1.54, 1.807) is 16.7 Å². The van der Waals surface area contributed by atoms with E-state index in [4.69, 9.17) is 4.74 Å². The Hall–Kier alpha value is -2.08. The molecule has 0 bridgehead atoms. The second-order valence-electron chi connectivity index (χ2n) is 5.90. The van der Waals surface area contributed by atoms with Gasteiger partial charge in [-0.05, 0) is 26.3 Å². The first kappa shape index (κ1) is 18.3. The molecule has 0 aliphatic carbocycles. The van der Waals surface area contributed by atoms with E-state index < -0.39 is 6.04 Å². The van der Waals surface area contributed by atoms with Crippen LogP contribution in [0.1, 0.15) is 32.4 Å². The summed E-state index contributed by atoms with van der Waals surface area (Å²) < 4.78 is 5.79.